The van der Waals surface area contributed by atoms with E-state index in [0.29, 0.717) is 12.0 Å². The van der Waals surface area contributed by atoms with Gasteiger partial charge in [0.15, 0.2) is 0 Å². The van der Waals surface area contributed by atoms with Gasteiger partial charge in [-0.2, -0.15) is 5.48 Å². The number of fused-ring (bicyclic) bond motifs is 1. The van der Waals surface area contributed by atoms with Gasteiger partial charge in [0.1, 0.15) is 0 Å². The van der Waals surface area contributed by atoms with E-state index in [4.69, 9.17) is 4.84 Å². The Bertz CT molecular complexity index is 200. The lowest BCUT2D eigenvalue weighted by Crippen LogP contribution is -2.48. The summed E-state index contributed by atoms with van der Waals surface area (Å²) >= 11 is 0. The van der Waals surface area contributed by atoms with Crippen molar-refractivity contribution in [3.05, 3.63) is 12.2 Å². The van der Waals surface area contributed by atoms with Crippen LogP contribution in [0.15, 0.2) is 12.2 Å². The number of nitrogens with one attached hydrogen (secondary N) is 1. The number of hydrogen-bond donors (Lipinski definition) is 1. The van der Waals surface area contributed by atoms with E-state index in [2.05, 4.69) is 31.5 Å². The van der Waals surface area contributed by atoms with Crippen LogP contribution in [0.4, 0.5) is 0 Å². The van der Waals surface area contributed by atoms with Crippen LogP contribution in [0.3, 0.4) is 0 Å². The molecule has 0 amide bonds. The van der Waals surface area contributed by atoms with E-state index in [0.717, 1.165) is 18.4 Å². The Morgan fingerprint density at radius 2 is 2.38 bits per heavy atom. The van der Waals surface area contributed by atoms with Crippen molar-refractivity contribution < 1.29 is 4.84 Å². The van der Waals surface area contributed by atoms with Crippen LogP contribution in [-0.2, 0) is 4.84 Å². The summed E-state index contributed by atoms with van der Waals surface area (Å²) in [4.78, 5) is 5.42. The maximum Gasteiger partial charge on any atom is 0.0705 e. The molecule has 0 bridgehead atoms. The first-order chi connectivity index (χ1) is 6.27. The zero-order valence-corrected chi connectivity index (χ0v) is 8.49. The van der Waals surface area contributed by atoms with Crippen LogP contribution in [0.25, 0.3) is 0 Å². The van der Waals surface area contributed by atoms with Gasteiger partial charge in [-0.25, -0.2) is 0 Å². The molecule has 2 rings (SSSR count). The molecule has 74 valence electrons. The molecule has 0 aromatic rings. The molecule has 0 spiro atoms. The second-order valence-electron chi connectivity index (χ2n) is 4.67. The van der Waals surface area contributed by atoms with Crippen molar-refractivity contribution in [2.75, 3.05) is 6.61 Å². The molecule has 0 radical (unpaired) electrons. The molecule has 0 saturated heterocycles. The monoisotopic (exact) mass is 181 g/mol. The smallest absolute Gasteiger partial charge is 0.0705 e. The lowest BCUT2D eigenvalue weighted by atomic mass is 9.72. The molecule has 2 aliphatic rings. The third kappa shape index (κ3) is 1.94. The fourth-order valence-electron chi connectivity index (χ4n) is 2.18. The molecule has 2 nitrogen and oxygen atoms in total. The highest BCUT2D eigenvalue weighted by molar-refractivity contribution is 5.12. The summed E-state index contributed by atoms with van der Waals surface area (Å²) in [6.45, 7) is 5.15. The van der Waals surface area contributed by atoms with Crippen LogP contribution in [0, 0.1) is 17.8 Å². The summed E-state index contributed by atoms with van der Waals surface area (Å²) in [6, 6.07) is 0.586. The molecule has 0 aromatic carbocycles. The van der Waals surface area contributed by atoms with Crippen LogP contribution in [0.1, 0.15) is 26.7 Å². The van der Waals surface area contributed by atoms with Crippen LogP contribution >= 0.6 is 0 Å². The molecule has 3 unspecified atom stereocenters. The highest BCUT2D eigenvalue weighted by atomic mass is 16.6. The van der Waals surface area contributed by atoms with Gasteiger partial charge in [-0.15, -0.1) is 0 Å². The number of allylic oxidation sites excluding steroid dienone is 1. The number of hydroxylamine groups is 1. The highest BCUT2D eigenvalue weighted by Crippen LogP contribution is 2.42. The van der Waals surface area contributed by atoms with E-state index in [1.807, 2.05) is 0 Å². The molecule has 1 fully saturated rings. The first kappa shape index (κ1) is 9.22. The van der Waals surface area contributed by atoms with Crippen LogP contribution < -0.4 is 5.48 Å². The maximum atomic E-state index is 5.42. The van der Waals surface area contributed by atoms with Gasteiger partial charge >= 0.3 is 0 Å². The van der Waals surface area contributed by atoms with E-state index < -0.39 is 0 Å². The van der Waals surface area contributed by atoms with Crippen molar-refractivity contribution in [1.29, 1.82) is 0 Å². The lowest BCUT2D eigenvalue weighted by molar-refractivity contribution is -0.0447. The van der Waals surface area contributed by atoms with Gasteiger partial charge < -0.3 is 4.84 Å². The average molecular weight is 181 g/mol. The van der Waals surface area contributed by atoms with Crippen LogP contribution in [0.2, 0.25) is 0 Å². The highest BCUT2D eigenvalue weighted by Gasteiger charge is 2.41. The fraction of sp³-hybridized carbons (Fsp3) is 0.818. The normalized spacial score (nSPS) is 36.4. The maximum absolute atomic E-state index is 5.42. The third-order valence-electron chi connectivity index (χ3n) is 3.01. The standard InChI is InChI=1S/C11H19NO/c1-8(2)7-13-12-11-6-9-4-3-5-10(9)11/h3,5,8-12H,4,6-7H2,1-2H3. The van der Waals surface area contributed by atoms with E-state index in [1.54, 1.807) is 0 Å². The van der Waals surface area contributed by atoms with E-state index in [1.165, 1.54) is 12.8 Å². The Kier molecular flexibility index (Phi) is 2.70. The van der Waals surface area contributed by atoms with Gasteiger partial charge in [-0.1, -0.05) is 26.0 Å². The zero-order valence-electron chi connectivity index (χ0n) is 8.49. The van der Waals surface area contributed by atoms with E-state index in [-0.39, 0.29) is 0 Å². The van der Waals surface area contributed by atoms with Gasteiger partial charge in [-0.3, -0.25) is 0 Å². The Morgan fingerprint density at radius 1 is 1.54 bits per heavy atom. The minimum absolute atomic E-state index is 0.586. The SMILES string of the molecule is CC(C)CONC1CC2CC=CC21. The van der Waals surface area contributed by atoms with Crippen molar-refractivity contribution >= 4 is 0 Å². The van der Waals surface area contributed by atoms with Gasteiger partial charge in [0.2, 0.25) is 0 Å². The second kappa shape index (κ2) is 3.81. The summed E-state index contributed by atoms with van der Waals surface area (Å²) in [7, 11) is 0. The minimum atomic E-state index is 0.586. The molecule has 0 aromatic heterocycles. The van der Waals surface area contributed by atoms with Crippen molar-refractivity contribution in [1.82, 2.24) is 5.48 Å². The minimum Gasteiger partial charge on any atom is -0.301 e. The van der Waals surface area contributed by atoms with E-state index >= 15 is 0 Å². The van der Waals surface area contributed by atoms with Crippen molar-refractivity contribution in [3.63, 3.8) is 0 Å². The molecule has 0 aliphatic heterocycles. The molecule has 13 heavy (non-hydrogen) atoms. The summed E-state index contributed by atoms with van der Waals surface area (Å²) in [5, 5.41) is 0. The summed E-state index contributed by atoms with van der Waals surface area (Å²) in [5.41, 5.74) is 3.17. The fourth-order valence-corrected chi connectivity index (χ4v) is 2.18. The molecule has 1 saturated carbocycles. The average Bonchev–Trinajstić information content (AvgIpc) is 2.40. The van der Waals surface area contributed by atoms with Crippen molar-refractivity contribution in [3.8, 4) is 0 Å². The summed E-state index contributed by atoms with van der Waals surface area (Å²) < 4.78 is 0. The third-order valence-corrected chi connectivity index (χ3v) is 3.01. The topological polar surface area (TPSA) is 21.3 Å². The molecular formula is C11H19NO. The van der Waals surface area contributed by atoms with Crippen LogP contribution in [-0.4, -0.2) is 12.6 Å². The Balaban J connectivity index is 1.64. The zero-order chi connectivity index (χ0) is 9.26. The first-order valence-corrected chi connectivity index (χ1v) is 5.31. The second-order valence-corrected chi connectivity index (χ2v) is 4.67. The predicted octanol–water partition coefficient (Wildman–Crippen LogP) is 2.13. The molecule has 2 aliphatic carbocycles. The van der Waals surface area contributed by atoms with Gasteiger partial charge in [0.25, 0.3) is 0 Å². The molecular weight excluding hydrogens is 162 g/mol. The number of hydrogen-bond acceptors (Lipinski definition) is 2. The Labute approximate surface area is 80.3 Å². The quantitative estimate of drug-likeness (QED) is 0.530. The van der Waals surface area contributed by atoms with Gasteiger partial charge in [0.05, 0.1) is 6.61 Å². The molecule has 2 heteroatoms. The van der Waals surface area contributed by atoms with Gasteiger partial charge in [-0.05, 0) is 30.6 Å². The molecule has 0 heterocycles. The summed E-state index contributed by atoms with van der Waals surface area (Å²) in [5.74, 6) is 2.29. The van der Waals surface area contributed by atoms with E-state index in [9.17, 15) is 0 Å². The molecule has 1 N–H and O–H groups in total. The van der Waals surface area contributed by atoms with Crippen molar-refractivity contribution in [2.45, 2.75) is 32.7 Å². The largest absolute Gasteiger partial charge is 0.301 e. The lowest BCUT2D eigenvalue weighted by Gasteiger charge is -2.40. The Hall–Kier alpha value is -0.340. The molecule has 3 atom stereocenters. The first-order valence-electron chi connectivity index (χ1n) is 5.31. The summed E-state index contributed by atoms with van der Waals surface area (Å²) in [6.07, 6.45) is 7.22. The van der Waals surface area contributed by atoms with Crippen LogP contribution in [0.5, 0.6) is 0 Å². The number of rotatable bonds is 4. The van der Waals surface area contributed by atoms with Crippen molar-refractivity contribution in [2.24, 2.45) is 17.8 Å². The van der Waals surface area contributed by atoms with Gasteiger partial charge in [0, 0.05) is 6.04 Å². The Morgan fingerprint density at radius 3 is 3.08 bits per heavy atom. The predicted molar refractivity (Wildman–Crippen MR) is 53.1 cm³/mol.